The molecule has 0 aliphatic rings. The zero-order valence-electron chi connectivity index (χ0n) is 5.13. The lowest BCUT2D eigenvalue weighted by atomic mass is 10.7. The van der Waals surface area contributed by atoms with Gasteiger partial charge >= 0.3 is 0 Å². The Balaban J connectivity index is 2.98. The van der Waals surface area contributed by atoms with Crippen LogP contribution >= 0.6 is 0 Å². The largest absolute Gasteiger partial charge is 0.383 e. The molecule has 0 N–H and O–H groups in total. The molecule has 0 heterocycles. The van der Waals surface area contributed by atoms with E-state index in [-0.39, 0.29) is 0 Å². The number of hydrogen-bond donors (Lipinski definition) is 0. The summed E-state index contributed by atoms with van der Waals surface area (Å²) in [5.41, 5.74) is 0. The first-order valence-electron chi connectivity index (χ1n) is 2.34. The maximum Gasteiger partial charge on any atom is 0.0655 e. The summed E-state index contributed by atoms with van der Waals surface area (Å²) in [7, 11) is 3.19. The summed E-state index contributed by atoms with van der Waals surface area (Å²) in [6, 6.07) is 0. The maximum absolute atomic E-state index is 9.63. The topological polar surface area (TPSA) is 41.9 Å². The van der Waals surface area contributed by atoms with Gasteiger partial charge in [0.05, 0.1) is 18.4 Å². The number of methoxy groups -OCH3 is 1. The molecule has 4 nitrogen and oxygen atoms in total. The molecular formula is C4H10N2O2. The Bertz CT molecular complexity index is 67.1. The van der Waals surface area contributed by atoms with Gasteiger partial charge in [0.2, 0.25) is 0 Å². The Kier molecular flexibility index (Phi) is 4.16. The van der Waals surface area contributed by atoms with Crippen molar-refractivity contribution in [1.82, 2.24) is 5.01 Å². The van der Waals surface area contributed by atoms with E-state index in [1.165, 1.54) is 5.01 Å². The fourth-order valence-electron chi connectivity index (χ4n) is 0.264. The highest BCUT2D eigenvalue weighted by molar-refractivity contribution is 4.38. The predicted octanol–water partition coefficient (Wildman–Crippen LogP) is 0.246. The molecule has 0 spiro atoms. The molecule has 48 valence electrons. The Labute approximate surface area is 48.4 Å². The summed E-state index contributed by atoms with van der Waals surface area (Å²) in [4.78, 5) is 9.63. The summed E-state index contributed by atoms with van der Waals surface area (Å²) in [6.45, 7) is 1.10. The molecule has 0 aromatic rings. The van der Waals surface area contributed by atoms with Gasteiger partial charge in [0.25, 0.3) is 0 Å². The fraction of sp³-hybridized carbons (Fsp3) is 1.00. The second-order valence-corrected chi connectivity index (χ2v) is 1.46. The lowest BCUT2D eigenvalue weighted by Crippen LogP contribution is -2.15. The van der Waals surface area contributed by atoms with Crippen LogP contribution in [0.3, 0.4) is 0 Å². The Morgan fingerprint density at radius 3 is 2.75 bits per heavy atom. The number of ether oxygens (including phenoxy) is 1. The van der Waals surface area contributed by atoms with Crippen LogP contribution in [0.4, 0.5) is 0 Å². The second-order valence-electron chi connectivity index (χ2n) is 1.46. The summed E-state index contributed by atoms with van der Waals surface area (Å²) in [5.74, 6) is 0. The highest BCUT2D eigenvalue weighted by Gasteiger charge is 1.89. The quantitative estimate of drug-likeness (QED) is 0.392. The highest BCUT2D eigenvalue weighted by atomic mass is 16.5. The molecule has 0 saturated carbocycles. The van der Waals surface area contributed by atoms with Crippen molar-refractivity contribution in [2.45, 2.75) is 0 Å². The van der Waals surface area contributed by atoms with E-state index in [0.717, 1.165) is 0 Å². The van der Waals surface area contributed by atoms with Crippen molar-refractivity contribution in [2.24, 2.45) is 5.29 Å². The van der Waals surface area contributed by atoms with Gasteiger partial charge in [0.1, 0.15) is 0 Å². The number of nitrogens with zero attached hydrogens (tertiary/aromatic N) is 2. The van der Waals surface area contributed by atoms with Gasteiger partial charge in [-0.25, -0.2) is 0 Å². The van der Waals surface area contributed by atoms with Crippen LogP contribution in [-0.4, -0.2) is 32.3 Å². The first-order valence-corrected chi connectivity index (χ1v) is 2.34. The van der Waals surface area contributed by atoms with Crippen molar-refractivity contribution >= 4 is 0 Å². The van der Waals surface area contributed by atoms with Crippen LogP contribution < -0.4 is 0 Å². The Morgan fingerprint density at radius 1 is 1.75 bits per heavy atom. The number of likely N-dealkylation sites (N-methyl/N-ethyl adjacent to an activating group) is 1. The monoisotopic (exact) mass is 118 g/mol. The van der Waals surface area contributed by atoms with Crippen molar-refractivity contribution in [3.63, 3.8) is 0 Å². The summed E-state index contributed by atoms with van der Waals surface area (Å²) in [6.07, 6.45) is 0. The molecule has 4 heteroatoms. The standard InChI is InChI=1S/C4H10N2O2/c1-6(5-7)3-4-8-2/h3-4H2,1-2H3. The molecule has 0 atom stereocenters. The SMILES string of the molecule is COCCN(C)N=O. The first kappa shape index (κ1) is 7.36. The molecule has 0 fully saturated rings. The minimum absolute atomic E-state index is 0.544. The highest BCUT2D eigenvalue weighted by Crippen LogP contribution is 1.79. The average Bonchev–Trinajstić information content (AvgIpc) is 1.83. The molecule has 0 bridgehead atoms. The molecule has 0 aliphatic carbocycles. The summed E-state index contributed by atoms with van der Waals surface area (Å²) < 4.78 is 4.67. The van der Waals surface area contributed by atoms with Crippen LogP contribution in [0.5, 0.6) is 0 Å². The molecule has 0 aliphatic heterocycles. The Morgan fingerprint density at radius 2 is 2.38 bits per heavy atom. The zero-order chi connectivity index (χ0) is 6.41. The van der Waals surface area contributed by atoms with Crippen molar-refractivity contribution < 1.29 is 4.74 Å². The zero-order valence-corrected chi connectivity index (χ0v) is 5.13. The summed E-state index contributed by atoms with van der Waals surface area (Å²) >= 11 is 0. The molecule has 0 rings (SSSR count). The minimum Gasteiger partial charge on any atom is -0.383 e. The van der Waals surface area contributed by atoms with Gasteiger partial charge in [-0.2, -0.15) is 0 Å². The van der Waals surface area contributed by atoms with Crippen LogP contribution in [0.1, 0.15) is 0 Å². The van der Waals surface area contributed by atoms with E-state index in [4.69, 9.17) is 0 Å². The van der Waals surface area contributed by atoms with Crippen LogP contribution in [0.15, 0.2) is 5.29 Å². The second kappa shape index (κ2) is 4.52. The van der Waals surface area contributed by atoms with E-state index in [9.17, 15) is 4.91 Å². The van der Waals surface area contributed by atoms with Crippen LogP contribution in [0.25, 0.3) is 0 Å². The fourth-order valence-corrected chi connectivity index (χ4v) is 0.264. The van der Waals surface area contributed by atoms with E-state index in [0.29, 0.717) is 13.2 Å². The maximum atomic E-state index is 9.63. The van der Waals surface area contributed by atoms with Gasteiger partial charge in [-0.1, -0.05) is 0 Å². The first-order chi connectivity index (χ1) is 3.81. The van der Waals surface area contributed by atoms with Crippen molar-refractivity contribution in [1.29, 1.82) is 0 Å². The Hall–Kier alpha value is -0.640. The van der Waals surface area contributed by atoms with Crippen LogP contribution in [0.2, 0.25) is 0 Å². The molecule has 0 saturated heterocycles. The van der Waals surface area contributed by atoms with E-state index in [2.05, 4.69) is 10.0 Å². The van der Waals surface area contributed by atoms with Crippen molar-refractivity contribution in [3.05, 3.63) is 4.91 Å². The van der Waals surface area contributed by atoms with Crippen molar-refractivity contribution in [3.8, 4) is 0 Å². The van der Waals surface area contributed by atoms with E-state index >= 15 is 0 Å². The van der Waals surface area contributed by atoms with Crippen molar-refractivity contribution in [2.75, 3.05) is 27.3 Å². The minimum atomic E-state index is 0.544. The van der Waals surface area contributed by atoms with E-state index < -0.39 is 0 Å². The van der Waals surface area contributed by atoms with E-state index in [1.807, 2.05) is 0 Å². The number of rotatable bonds is 4. The van der Waals surface area contributed by atoms with Gasteiger partial charge < -0.3 is 4.74 Å². The third-order valence-electron chi connectivity index (χ3n) is 0.758. The van der Waals surface area contributed by atoms with E-state index in [1.54, 1.807) is 14.2 Å². The molecule has 0 aromatic heterocycles. The van der Waals surface area contributed by atoms with Gasteiger partial charge in [-0.05, 0) is 0 Å². The molecule has 8 heavy (non-hydrogen) atoms. The van der Waals surface area contributed by atoms with Crippen LogP contribution in [-0.2, 0) is 4.74 Å². The molecule has 0 aromatic carbocycles. The lowest BCUT2D eigenvalue weighted by molar-refractivity contribution is 0.162. The molecule has 0 radical (unpaired) electrons. The average molecular weight is 118 g/mol. The lowest BCUT2D eigenvalue weighted by Gasteiger charge is -2.05. The third kappa shape index (κ3) is 3.55. The van der Waals surface area contributed by atoms with Gasteiger partial charge in [0, 0.05) is 14.2 Å². The predicted molar refractivity (Wildman–Crippen MR) is 30.3 cm³/mol. The smallest absolute Gasteiger partial charge is 0.0655 e. The summed E-state index contributed by atoms with van der Waals surface area (Å²) in [5, 5.41) is 3.91. The van der Waals surface area contributed by atoms with Gasteiger partial charge in [-0.3, -0.25) is 5.01 Å². The van der Waals surface area contributed by atoms with Crippen LogP contribution in [0, 0.1) is 4.91 Å². The molecular weight excluding hydrogens is 108 g/mol. The number of hydrogen-bond acceptors (Lipinski definition) is 3. The van der Waals surface area contributed by atoms with Gasteiger partial charge in [-0.15, -0.1) is 4.91 Å². The normalized spacial score (nSPS) is 8.75. The number of nitroso groups, excluding NO2 is 1. The third-order valence-corrected chi connectivity index (χ3v) is 0.758. The molecule has 0 unspecified atom stereocenters. The molecule has 0 amide bonds. The van der Waals surface area contributed by atoms with Gasteiger partial charge in [0.15, 0.2) is 0 Å².